The molecule has 0 aliphatic heterocycles. The summed E-state index contributed by atoms with van der Waals surface area (Å²) >= 11 is 1.31. The van der Waals surface area contributed by atoms with Crippen LogP contribution in [0.3, 0.4) is 0 Å². The highest BCUT2D eigenvalue weighted by Crippen LogP contribution is 2.22. The molecule has 3 rings (SSSR count). The van der Waals surface area contributed by atoms with Crippen LogP contribution in [0.1, 0.15) is 15.4 Å². The molecule has 0 atom stereocenters. The van der Waals surface area contributed by atoms with Crippen LogP contribution in [0, 0.1) is 0 Å². The number of carbonyl (C=O) groups is 1. The number of methoxy groups -OCH3 is 1. The summed E-state index contributed by atoms with van der Waals surface area (Å²) in [4.78, 5) is 12.4. The molecule has 108 valence electrons. The van der Waals surface area contributed by atoms with Crippen molar-refractivity contribution >= 4 is 33.3 Å². The SMILES string of the molecule is COCc1nnc(NC(=O)c2cccc3c2ccn3C)s1. The maximum atomic E-state index is 12.4. The van der Waals surface area contributed by atoms with Crippen molar-refractivity contribution in [2.24, 2.45) is 7.05 Å². The third-order valence-corrected chi connectivity index (χ3v) is 3.94. The van der Waals surface area contributed by atoms with Crippen molar-refractivity contribution in [2.45, 2.75) is 6.61 Å². The molecule has 2 aromatic heterocycles. The van der Waals surface area contributed by atoms with Gasteiger partial charge in [0.2, 0.25) is 5.13 Å². The first-order chi connectivity index (χ1) is 10.2. The molecular weight excluding hydrogens is 288 g/mol. The standard InChI is InChI=1S/C14H14N4O2S/c1-18-7-6-9-10(4-3-5-11(9)18)13(19)15-14-17-16-12(21-14)8-20-2/h3-7H,8H2,1-2H3,(H,15,17,19). The maximum Gasteiger partial charge on any atom is 0.258 e. The van der Waals surface area contributed by atoms with Crippen molar-refractivity contribution in [3.63, 3.8) is 0 Å². The molecule has 2 heterocycles. The fourth-order valence-electron chi connectivity index (χ4n) is 2.15. The number of aryl methyl sites for hydroxylation is 1. The van der Waals surface area contributed by atoms with Gasteiger partial charge in [0.25, 0.3) is 5.91 Å². The van der Waals surface area contributed by atoms with Crippen LogP contribution in [-0.4, -0.2) is 27.8 Å². The fourth-order valence-corrected chi connectivity index (χ4v) is 2.86. The van der Waals surface area contributed by atoms with Crippen LogP contribution >= 0.6 is 11.3 Å². The van der Waals surface area contributed by atoms with E-state index in [4.69, 9.17) is 4.74 Å². The van der Waals surface area contributed by atoms with Gasteiger partial charge in [-0.15, -0.1) is 10.2 Å². The monoisotopic (exact) mass is 302 g/mol. The summed E-state index contributed by atoms with van der Waals surface area (Å²) in [6.45, 7) is 0.391. The van der Waals surface area contributed by atoms with Gasteiger partial charge >= 0.3 is 0 Å². The summed E-state index contributed by atoms with van der Waals surface area (Å²) in [6, 6.07) is 7.58. The minimum Gasteiger partial charge on any atom is -0.377 e. The highest BCUT2D eigenvalue weighted by Gasteiger charge is 2.14. The molecule has 7 heteroatoms. The van der Waals surface area contributed by atoms with Crippen LogP contribution in [-0.2, 0) is 18.4 Å². The van der Waals surface area contributed by atoms with E-state index in [9.17, 15) is 4.79 Å². The van der Waals surface area contributed by atoms with Crippen molar-refractivity contribution < 1.29 is 9.53 Å². The van der Waals surface area contributed by atoms with Crippen LogP contribution in [0.5, 0.6) is 0 Å². The molecule has 0 bridgehead atoms. The van der Waals surface area contributed by atoms with Crippen molar-refractivity contribution in [3.8, 4) is 0 Å². The first-order valence-corrected chi connectivity index (χ1v) is 7.17. The molecule has 0 saturated carbocycles. The average Bonchev–Trinajstić information content (AvgIpc) is 3.07. The van der Waals surface area contributed by atoms with Crippen molar-refractivity contribution in [1.29, 1.82) is 0 Å². The molecule has 0 aliphatic carbocycles. The van der Waals surface area contributed by atoms with Gasteiger partial charge in [0.15, 0.2) is 0 Å². The lowest BCUT2D eigenvalue weighted by Gasteiger charge is -2.03. The number of nitrogens with one attached hydrogen (secondary N) is 1. The Morgan fingerprint density at radius 3 is 3.05 bits per heavy atom. The zero-order chi connectivity index (χ0) is 14.8. The topological polar surface area (TPSA) is 69.0 Å². The van der Waals surface area contributed by atoms with E-state index in [2.05, 4.69) is 15.5 Å². The van der Waals surface area contributed by atoms with Gasteiger partial charge < -0.3 is 9.30 Å². The van der Waals surface area contributed by atoms with E-state index in [1.54, 1.807) is 13.2 Å². The van der Waals surface area contributed by atoms with Crippen LogP contribution in [0.25, 0.3) is 10.9 Å². The Balaban J connectivity index is 1.86. The minimum absolute atomic E-state index is 0.188. The van der Waals surface area contributed by atoms with E-state index in [1.807, 2.05) is 36.0 Å². The first-order valence-electron chi connectivity index (χ1n) is 6.36. The van der Waals surface area contributed by atoms with Gasteiger partial charge in [-0.1, -0.05) is 17.4 Å². The predicted octanol–water partition coefficient (Wildman–Crippen LogP) is 2.43. The molecule has 3 aromatic rings. The molecule has 1 N–H and O–H groups in total. The molecule has 1 aromatic carbocycles. The second-order valence-corrected chi connectivity index (χ2v) is 5.62. The highest BCUT2D eigenvalue weighted by atomic mass is 32.1. The molecule has 0 unspecified atom stereocenters. The van der Waals surface area contributed by atoms with Gasteiger partial charge in [0.1, 0.15) is 11.6 Å². The van der Waals surface area contributed by atoms with Crippen molar-refractivity contribution in [1.82, 2.24) is 14.8 Å². The number of benzene rings is 1. The Morgan fingerprint density at radius 1 is 1.38 bits per heavy atom. The summed E-state index contributed by atoms with van der Waals surface area (Å²) in [5, 5.41) is 12.8. The molecule has 0 saturated heterocycles. The van der Waals surface area contributed by atoms with Gasteiger partial charge in [-0.05, 0) is 18.2 Å². The molecule has 1 amide bonds. The minimum atomic E-state index is -0.188. The number of amides is 1. The summed E-state index contributed by atoms with van der Waals surface area (Å²) in [7, 11) is 3.54. The van der Waals surface area contributed by atoms with Crippen molar-refractivity contribution in [3.05, 3.63) is 41.0 Å². The number of aromatic nitrogens is 3. The van der Waals surface area contributed by atoms with Gasteiger partial charge in [0.05, 0.1) is 0 Å². The van der Waals surface area contributed by atoms with Gasteiger partial charge in [-0.25, -0.2) is 0 Å². The zero-order valence-electron chi connectivity index (χ0n) is 11.7. The third kappa shape index (κ3) is 2.65. The van der Waals surface area contributed by atoms with E-state index < -0.39 is 0 Å². The van der Waals surface area contributed by atoms with E-state index in [1.165, 1.54) is 11.3 Å². The van der Waals surface area contributed by atoms with Gasteiger partial charge in [-0.2, -0.15) is 0 Å². The quantitative estimate of drug-likeness (QED) is 0.803. The summed E-state index contributed by atoms with van der Waals surface area (Å²) in [6.07, 6.45) is 1.93. The average molecular weight is 302 g/mol. The molecular formula is C14H14N4O2S. The van der Waals surface area contributed by atoms with Crippen LogP contribution < -0.4 is 5.32 Å². The first kappa shape index (κ1) is 13.7. The van der Waals surface area contributed by atoms with Crippen molar-refractivity contribution in [2.75, 3.05) is 12.4 Å². The summed E-state index contributed by atoms with van der Waals surface area (Å²) in [5.41, 5.74) is 1.64. The van der Waals surface area contributed by atoms with E-state index in [-0.39, 0.29) is 5.91 Å². The molecule has 6 nitrogen and oxygen atoms in total. The molecule has 21 heavy (non-hydrogen) atoms. The van der Waals surface area contributed by atoms with Gasteiger partial charge in [-0.3, -0.25) is 10.1 Å². The van der Waals surface area contributed by atoms with Gasteiger partial charge in [0, 0.05) is 36.8 Å². The molecule has 0 aliphatic rings. The van der Waals surface area contributed by atoms with E-state index in [0.717, 1.165) is 15.9 Å². The summed E-state index contributed by atoms with van der Waals surface area (Å²) < 4.78 is 6.96. The molecule has 0 spiro atoms. The fraction of sp³-hybridized carbons (Fsp3) is 0.214. The second-order valence-electron chi connectivity index (χ2n) is 4.55. The number of rotatable bonds is 4. The lowest BCUT2D eigenvalue weighted by atomic mass is 10.1. The Kier molecular flexibility index (Phi) is 3.68. The lowest BCUT2D eigenvalue weighted by Crippen LogP contribution is -2.12. The smallest absolute Gasteiger partial charge is 0.258 e. The van der Waals surface area contributed by atoms with Crippen LogP contribution in [0.2, 0.25) is 0 Å². The second kappa shape index (κ2) is 5.63. The Hall–Kier alpha value is -2.25. The normalized spacial score (nSPS) is 11.0. The maximum absolute atomic E-state index is 12.4. The number of fused-ring (bicyclic) bond motifs is 1. The number of ether oxygens (including phenoxy) is 1. The Bertz CT molecular complexity index is 793. The van der Waals surface area contributed by atoms with E-state index >= 15 is 0 Å². The number of anilines is 1. The van der Waals surface area contributed by atoms with Crippen LogP contribution in [0.4, 0.5) is 5.13 Å². The predicted molar refractivity (Wildman–Crippen MR) is 81.5 cm³/mol. The number of hydrogen-bond donors (Lipinski definition) is 1. The zero-order valence-corrected chi connectivity index (χ0v) is 12.5. The number of nitrogens with zero attached hydrogens (tertiary/aromatic N) is 3. The Morgan fingerprint density at radius 2 is 2.24 bits per heavy atom. The highest BCUT2D eigenvalue weighted by molar-refractivity contribution is 7.15. The lowest BCUT2D eigenvalue weighted by molar-refractivity contribution is 0.102. The Labute approximate surface area is 125 Å². The largest absolute Gasteiger partial charge is 0.377 e. The van der Waals surface area contributed by atoms with E-state index in [0.29, 0.717) is 17.3 Å². The van der Waals surface area contributed by atoms with Crippen LogP contribution in [0.15, 0.2) is 30.5 Å². The molecule has 0 radical (unpaired) electrons. The number of carbonyl (C=O) groups excluding carboxylic acids is 1. The summed E-state index contributed by atoms with van der Waals surface area (Å²) in [5.74, 6) is -0.188. The third-order valence-electron chi connectivity index (χ3n) is 3.13. The number of hydrogen-bond acceptors (Lipinski definition) is 5. The molecule has 0 fully saturated rings.